The molecule has 0 fully saturated rings. The summed E-state index contributed by atoms with van der Waals surface area (Å²) < 4.78 is 18.2. The highest BCUT2D eigenvalue weighted by molar-refractivity contribution is 6.01. The van der Waals surface area contributed by atoms with Crippen molar-refractivity contribution in [3.63, 3.8) is 0 Å². The molecule has 2 N–H and O–H groups in total. The molecule has 0 aliphatic rings. The van der Waals surface area contributed by atoms with Crippen LogP contribution in [0.2, 0.25) is 0 Å². The number of aromatic amines is 1. The molecular formula is C13H12FN3O2. The number of rotatable bonds is 4. The molecule has 2 aromatic rings. The summed E-state index contributed by atoms with van der Waals surface area (Å²) in [6.45, 7) is 0. The van der Waals surface area contributed by atoms with Crippen molar-refractivity contribution in [3.8, 4) is 5.75 Å². The number of anilines is 1. The van der Waals surface area contributed by atoms with Crippen LogP contribution in [0.25, 0.3) is 6.08 Å². The molecule has 0 saturated heterocycles. The average Bonchev–Trinajstić information content (AvgIpc) is 2.89. The van der Waals surface area contributed by atoms with Gasteiger partial charge in [-0.15, -0.1) is 0 Å². The first kappa shape index (κ1) is 12.8. The molecular weight excluding hydrogens is 249 g/mol. The predicted octanol–water partition coefficient (Wildman–Crippen LogP) is 2.21. The van der Waals surface area contributed by atoms with Gasteiger partial charge in [0.25, 0.3) is 0 Å². The fourth-order valence-corrected chi connectivity index (χ4v) is 1.46. The Morgan fingerprint density at radius 3 is 2.95 bits per heavy atom. The van der Waals surface area contributed by atoms with Gasteiger partial charge in [-0.2, -0.15) is 5.10 Å². The monoisotopic (exact) mass is 261 g/mol. The molecule has 0 spiro atoms. The van der Waals surface area contributed by atoms with Gasteiger partial charge in [-0.3, -0.25) is 9.89 Å². The predicted molar refractivity (Wildman–Crippen MR) is 69.2 cm³/mol. The van der Waals surface area contributed by atoms with Crippen molar-refractivity contribution in [1.29, 1.82) is 0 Å². The molecule has 1 heterocycles. The van der Waals surface area contributed by atoms with Gasteiger partial charge in [0, 0.05) is 12.1 Å². The number of methoxy groups -OCH3 is 1. The molecule has 19 heavy (non-hydrogen) atoms. The van der Waals surface area contributed by atoms with Crippen molar-refractivity contribution in [3.05, 3.63) is 47.9 Å². The summed E-state index contributed by atoms with van der Waals surface area (Å²) in [5, 5.41) is 8.86. The number of nitrogens with one attached hydrogen (secondary N) is 2. The number of aromatic nitrogens is 2. The van der Waals surface area contributed by atoms with Crippen molar-refractivity contribution in [2.75, 3.05) is 12.4 Å². The summed E-state index contributed by atoms with van der Waals surface area (Å²) in [6, 6.07) is 6.07. The first-order valence-corrected chi connectivity index (χ1v) is 5.51. The van der Waals surface area contributed by atoms with Gasteiger partial charge >= 0.3 is 0 Å². The van der Waals surface area contributed by atoms with E-state index in [4.69, 9.17) is 4.74 Å². The summed E-state index contributed by atoms with van der Waals surface area (Å²) >= 11 is 0. The fourth-order valence-electron chi connectivity index (χ4n) is 1.46. The van der Waals surface area contributed by atoms with Crippen LogP contribution in [0.15, 0.2) is 36.5 Å². The highest BCUT2D eigenvalue weighted by Gasteiger charge is 2.02. The third-order valence-electron chi connectivity index (χ3n) is 2.36. The van der Waals surface area contributed by atoms with E-state index in [1.54, 1.807) is 12.1 Å². The topological polar surface area (TPSA) is 67.0 Å². The number of nitrogens with zero attached hydrogens (tertiary/aromatic N) is 1. The van der Waals surface area contributed by atoms with Crippen molar-refractivity contribution in [2.24, 2.45) is 0 Å². The summed E-state index contributed by atoms with van der Waals surface area (Å²) in [6.07, 6.45) is 4.34. The van der Waals surface area contributed by atoms with Crippen LogP contribution < -0.4 is 10.1 Å². The Bertz CT molecular complexity index is 594. The van der Waals surface area contributed by atoms with Crippen LogP contribution in [0, 0.1) is 5.82 Å². The van der Waals surface area contributed by atoms with Gasteiger partial charge in [-0.1, -0.05) is 6.07 Å². The maximum absolute atomic E-state index is 13.4. The van der Waals surface area contributed by atoms with E-state index >= 15 is 0 Å². The second-order valence-electron chi connectivity index (χ2n) is 3.69. The van der Waals surface area contributed by atoms with E-state index in [9.17, 15) is 9.18 Å². The molecule has 0 atom stereocenters. The van der Waals surface area contributed by atoms with Crippen LogP contribution >= 0.6 is 0 Å². The van der Waals surface area contributed by atoms with Gasteiger partial charge in [0.2, 0.25) is 5.91 Å². The number of H-pyrrole nitrogens is 1. The second-order valence-corrected chi connectivity index (χ2v) is 3.69. The Balaban J connectivity index is 2.02. The first-order valence-electron chi connectivity index (χ1n) is 5.51. The summed E-state index contributed by atoms with van der Waals surface area (Å²) in [5.41, 5.74) is 0.568. The minimum absolute atomic E-state index is 0.166. The standard InChI is InChI=1S/C13H12FN3O2/c1-19-11-4-2-9(8-10(11)14)3-5-13(18)16-12-6-7-15-17-12/h2-8H,1H3,(H2,15,16,17,18). The maximum Gasteiger partial charge on any atom is 0.249 e. The van der Waals surface area contributed by atoms with Crippen LogP contribution in [-0.4, -0.2) is 23.2 Å². The van der Waals surface area contributed by atoms with Gasteiger partial charge in [-0.05, 0) is 23.8 Å². The molecule has 0 radical (unpaired) electrons. The van der Waals surface area contributed by atoms with E-state index in [0.29, 0.717) is 11.4 Å². The Hall–Kier alpha value is -2.63. The SMILES string of the molecule is COc1ccc(C=CC(=O)Nc2ccn[nH]2)cc1F. The van der Waals surface area contributed by atoms with E-state index < -0.39 is 5.82 Å². The Morgan fingerprint density at radius 1 is 1.47 bits per heavy atom. The molecule has 2 rings (SSSR count). The number of carbonyl (C=O) groups excluding carboxylic acids is 1. The largest absolute Gasteiger partial charge is 0.494 e. The average molecular weight is 261 g/mol. The van der Waals surface area contributed by atoms with Crippen LogP contribution in [0.5, 0.6) is 5.75 Å². The highest BCUT2D eigenvalue weighted by Crippen LogP contribution is 2.18. The minimum Gasteiger partial charge on any atom is -0.494 e. The van der Waals surface area contributed by atoms with E-state index in [0.717, 1.165) is 0 Å². The molecule has 1 aromatic heterocycles. The van der Waals surface area contributed by atoms with E-state index in [1.807, 2.05) is 0 Å². The second kappa shape index (κ2) is 5.81. The van der Waals surface area contributed by atoms with Crippen LogP contribution in [0.4, 0.5) is 10.2 Å². The van der Waals surface area contributed by atoms with Gasteiger partial charge in [0.1, 0.15) is 5.82 Å². The lowest BCUT2D eigenvalue weighted by Crippen LogP contribution is -2.07. The van der Waals surface area contributed by atoms with Crippen molar-refractivity contribution >= 4 is 17.8 Å². The van der Waals surface area contributed by atoms with Crippen LogP contribution in [0.3, 0.4) is 0 Å². The van der Waals surface area contributed by atoms with Gasteiger partial charge in [0.05, 0.1) is 13.3 Å². The summed E-state index contributed by atoms with van der Waals surface area (Å²) in [4.78, 5) is 11.5. The molecule has 6 heteroatoms. The van der Waals surface area contributed by atoms with E-state index in [2.05, 4.69) is 15.5 Å². The molecule has 0 saturated carbocycles. The number of hydrogen-bond acceptors (Lipinski definition) is 3. The van der Waals surface area contributed by atoms with Gasteiger partial charge in [-0.25, -0.2) is 4.39 Å². The zero-order chi connectivity index (χ0) is 13.7. The summed E-state index contributed by atoms with van der Waals surface area (Å²) in [7, 11) is 1.39. The highest BCUT2D eigenvalue weighted by atomic mass is 19.1. The Morgan fingerprint density at radius 2 is 2.32 bits per heavy atom. The first-order chi connectivity index (χ1) is 9.19. The van der Waals surface area contributed by atoms with Gasteiger partial charge < -0.3 is 10.1 Å². The molecule has 1 amide bonds. The third-order valence-corrected chi connectivity index (χ3v) is 2.36. The third kappa shape index (κ3) is 3.41. The zero-order valence-corrected chi connectivity index (χ0v) is 10.2. The minimum atomic E-state index is -0.473. The normalized spacial score (nSPS) is 10.6. The number of hydrogen-bond donors (Lipinski definition) is 2. The number of carbonyl (C=O) groups is 1. The molecule has 0 aliphatic heterocycles. The maximum atomic E-state index is 13.4. The number of amides is 1. The smallest absolute Gasteiger partial charge is 0.249 e. The molecule has 0 bridgehead atoms. The molecule has 98 valence electrons. The number of ether oxygens (including phenoxy) is 1. The molecule has 5 nitrogen and oxygen atoms in total. The van der Waals surface area contributed by atoms with E-state index in [-0.39, 0.29) is 11.7 Å². The number of benzene rings is 1. The van der Waals surface area contributed by atoms with Crippen LogP contribution in [-0.2, 0) is 4.79 Å². The summed E-state index contributed by atoms with van der Waals surface area (Å²) in [5.74, 6) is -0.145. The lowest BCUT2D eigenvalue weighted by molar-refractivity contribution is -0.111. The van der Waals surface area contributed by atoms with Crippen molar-refractivity contribution in [1.82, 2.24) is 10.2 Å². The van der Waals surface area contributed by atoms with Gasteiger partial charge in [0.15, 0.2) is 11.6 Å². The molecule has 1 aromatic carbocycles. The lowest BCUT2D eigenvalue weighted by atomic mass is 10.2. The Kier molecular flexibility index (Phi) is 3.92. The number of halogens is 1. The van der Waals surface area contributed by atoms with E-state index in [1.165, 1.54) is 37.6 Å². The molecule has 0 aliphatic carbocycles. The zero-order valence-electron chi connectivity index (χ0n) is 10.2. The molecule has 0 unspecified atom stereocenters. The van der Waals surface area contributed by atoms with Crippen LogP contribution in [0.1, 0.15) is 5.56 Å². The van der Waals surface area contributed by atoms with Crippen molar-refractivity contribution in [2.45, 2.75) is 0 Å². The fraction of sp³-hybridized carbons (Fsp3) is 0.0769. The lowest BCUT2D eigenvalue weighted by Gasteiger charge is -2.02. The quantitative estimate of drug-likeness (QED) is 0.829. The Labute approximate surface area is 109 Å². The van der Waals surface area contributed by atoms with Crippen molar-refractivity contribution < 1.29 is 13.9 Å².